The maximum Gasteiger partial charge on any atom is 0.240 e. The van der Waals surface area contributed by atoms with Gasteiger partial charge in [-0.3, -0.25) is 0 Å². The lowest BCUT2D eigenvalue weighted by atomic mass is 10.1. The zero-order valence-corrected chi connectivity index (χ0v) is 13.3. The summed E-state index contributed by atoms with van der Waals surface area (Å²) in [5.74, 6) is 0. The summed E-state index contributed by atoms with van der Waals surface area (Å²) in [5.41, 5.74) is 2.01. The van der Waals surface area contributed by atoms with E-state index in [1.807, 2.05) is 24.4 Å². The molecule has 0 bridgehead atoms. The van der Waals surface area contributed by atoms with Gasteiger partial charge in [0.25, 0.3) is 0 Å². The van der Waals surface area contributed by atoms with Crippen molar-refractivity contribution >= 4 is 32.5 Å². The van der Waals surface area contributed by atoms with Crippen molar-refractivity contribution in [2.24, 2.45) is 0 Å². The first-order chi connectivity index (χ1) is 10.6. The molecule has 3 rings (SSSR count). The van der Waals surface area contributed by atoms with Crippen molar-refractivity contribution in [2.45, 2.75) is 11.3 Å². The van der Waals surface area contributed by atoms with E-state index >= 15 is 0 Å². The summed E-state index contributed by atoms with van der Waals surface area (Å²) in [4.78, 5) is 3.43. The van der Waals surface area contributed by atoms with E-state index in [9.17, 15) is 8.42 Å². The first kappa shape index (κ1) is 15.1. The summed E-state index contributed by atoms with van der Waals surface area (Å²) in [7, 11) is -3.45. The average Bonchev–Trinajstić information content (AvgIpc) is 2.90. The quantitative estimate of drug-likeness (QED) is 0.751. The van der Waals surface area contributed by atoms with E-state index in [0.717, 1.165) is 16.5 Å². The maximum absolute atomic E-state index is 12.1. The van der Waals surface area contributed by atoms with Crippen LogP contribution in [0.25, 0.3) is 10.9 Å². The molecule has 0 radical (unpaired) electrons. The van der Waals surface area contributed by atoms with E-state index in [1.165, 1.54) is 0 Å². The van der Waals surface area contributed by atoms with Crippen molar-refractivity contribution in [3.63, 3.8) is 0 Å². The molecule has 2 N–H and O–H groups in total. The summed E-state index contributed by atoms with van der Waals surface area (Å²) < 4.78 is 26.9. The number of H-pyrrole nitrogens is 1. The Kier molecular flexibility index (Phi) is 4.20. The number of fused-ring (bicyclic) bond motifs is 1. The summed E-state index contributed by atoms with van der Waals surface area (Å²) in [6.45, 7) is 0.340. The molecular weight excluding hydrogens is 320 g/mol. The van der Waals surface area contributed by atoms with Gasteiger partial charge in [-0.15, -0.1) is 0 Å². The Morgan fingerprint density at radius 2 is 1.86 bits per heavy atom. The lowest BCUT2D eigenvalue weighted by Crippen LogP contribution is -2.25. The van der Waals surface area contributed by atoms with E-state index < -0.39 is 10.0 Å². The Balaban J connectivity index is 1.70. The number of aromatic nitrogens is 1. The number of hydrogen-bond donors (Lipinski definition) is 2. The van der Waals surface area contributed by atoms with Crippen LogP contribution in [0, 0.1) is 0 Å². The van der Waals surface area contributed by atoms with Crippen LogP contribution in [0.15, 0.2) is 59.6 Å². The molecule has 0 aliphatic rings. The van der Waals surface area contributed by atoms with Gasteiger partial charge in [0.05, 0.1) is 4.90 Å². The maximum atomic E-state index is 12.1. The predicted octanol–water partition coefficient (Wildman–Crippen LogP) is 3.34. The van der Waals surface area contributed by atoms with Gasteiger partial charge in [0.15, 0.2) is 0 Å². The number of aromatic amines is 1. The fraction of sp³-hybridized carbons (Fsp3) is 0.125. The van der Waals surface area contributed by atoms with Crippen molar-refractivity contribution in [1.29, 1.82) is 0 Å². The van der Waals surface area contributed by atoms with E-state index in [1.54, 1.807) is 30.3 Å². The van der Waals surface area contributed by atoms with Crippen LogP contribution in [0.5, 0.6) is 0 Å². The third-order valence-corrected chi connectivity index (χ3v) is 5.18. The fourth-order valence-corrected chi connectivity index (χ4v) is 3.59. The molecule has 1 heterocycles. The minimum atomic E-state index is -3.45. The third-order valence-electron chi connectivity index (χ3n) is 3.47. The van der Waals surface area contributed by atoms with Crippen LogP contribution in [0.4, 0.5) is 0 Å². The van der Waals surface area contributed by atoms with Gasteiger partial charge >= 0.3 is 0 Å². The minimum absolute atomic E-state index is 0.278. The van der Waals surface area contributed by atoms with Crippen molar-refractivity contribution < 1.29 is 8.42 Å². The average molecular weight is 335 g/mol. The molecule has 0 atom stereocenters. The molecule has 0 saturated heterocycles. The van der Waals surface area contributed by atoms with Gasteiger partial charge in [-0.05, 0) is 36.2 Å². The zero-order chi connectivity index (χ0) is 15.6. The standard InChI is InChI=1S/C16H15ClN2O2S/c17-13-6-7-15-12(11-18-16(15)10-13)8-9-19-22(20,21)14-4-2-1-3-5-14/h1-7,10-11,18-19H,8-9H2. The van der Waals surface area contributed by atoms with Crippen molar-refractivity contribution in [3.05, 3.63) is 65.3 Å². The number of halogens is 1. The molecule has 0 fully saturated rings. The Hall–Kier alpha value is -1.82. The summed E-state index contributed by atoms with van der Waals surface area (Å²) in [6, 6.07) is 14.0. The lowest BCUT2D eigenvalue weighted by Gasteiger charge is -2.06. The lowest BCUT2D eigenvalue weighted by molar-refractivity contribution is 0.581. The van der Waals surface area contributed by atoms with Crippen molar-refractivity contribution in [1.82, 2.24) is 9.71 Å². The first-order valence-electron chi connectivity index (χ1n) is 6.86. The van der Waals surface area contributed by atoms with Crippen LogP contribution in [0.1, 0.15) is 5.56 Å². The highest BCUT2D eigenvalue weighted by Gasteiger charge is 2.13. The van der Waals surface area contributed by atoms with Crippen molar-refractivity contribution in [3.8, 4) is 0 Å². The van der Waals surface area contributed by atoms with E-state index in [-0.39, 0.29) is 4.90 Å². The summed E-state index contributed by atoms with van der Waals surface area (Å²) >= 11 is 5.95. The Morgan fingerprint density at radius 1 is 1.09 bits per heavy atom. The highest BCUT2D eigenvalue weighted by atomic mass is 35.5. The van der Waals surface area contributed by atoms with Crippen LogP contribution >= 0.6 is 11.6 Å². The molecule has 0 aliphatic carbocycles. The third kappa shape index (κ3) is 3.16. The molecule has 0 saturated carbocycles. The topological polar surface area (TPSA) is 62.0 Å². The monoisotopic (exact) mass is 334 g/mol. The highest BCUT2D eigenvalue weighted by molar-refractivity contribution is 7.89. The highest BCUT2D eigenvalue weighted by Crippen LogP contribution is 2.22. The molecule has 114 valence electrons. The molecule has 0 spiro atoms. The van der Waals surface area contributed by atoms with Gasteiger partial charge in [-0.25, -0.2) is 13.1 Å². The molecule has 4 nitrogen and oxygen atoms in total. The van der Waals surface area contributed by atoms with Gasteiger partial charge < -0.3 is 4.98 Å². The molecule has 22 heavy (non-hydrogen) atoms. The predicted molar refractivity (Wildman–Crippen MR) is 88.6 cm³/mol. The molecule has 1 aromatic heterocycles. The van der Waals surface area contributed by atoms with Gasteiger partial charge in [-0.2, -0.15) is 0 Å². The van der Waals surface area contributed by atoms with E-state index in [4.69, 9.17) is 11.6 Å². The van der Waals surface area contributed by atoms with Gasteiger partial charge in [0.2, 0.25) is 10.0 Å². The first-order valence-corrected chi connectivity index (χ1v) is 8.72. The Bertz CT molecular complexity index is 889. The van der Waals surface area contributed by atoms with Crippen LogP contribution in [0.3, 0.4) is 0 Å². The summed E-state index contributed by atoms with van der Waals surface area (Å²) in [6.07, 6.45) is 2.49. The van der Waals surface area contributed by atoms with Crippen molar-refractivity contribution in [2.75, 3.05) is 6.54 Å². The smallest absolute Gasteiger partial charge is 0.240 e. The van der Waals surface area contributed by atoms with Crippen LogP contribution in [0.2, 0.25) is 5.02 Å². The second-order valence-corrected chi connectivity index (χ2v) is 7.17. The number of rotatable bonds is 5. The number of hydrogen-bond acceptors (Lipinski definition) is 2. The zero-order valence-electron chi connectivity index (χ0n) is 11.7. The van der Waals surface area contributed by atoms with Gasteiger partial charge in [0.1, 0.15) is 0 Å². The molecule has 3 aromatic rings. The molecule has 0 aliphatic heterocycles. The number of nitrogens with one attached hydrogen (secondary N) is 2. The fourth-order valence-electron chi connectivity index (χ4n) is 2.37. The molecule has 6 heteroatoms. The minimum Gasteiger partial charge on any atom is -0.361 e. The largest absolute Gasteiger partial charge is 0.361 e. The molecular formula is C16H15ClN2O2S. The van der Waals surface area contributed by atoms with Gasteiger partial charge in [0, 0.05) is 28.7 Å². The van der Waals surface area contributed by atoms with Crippen LogP contribution < -0.4 is 4.72 Å². The van der Waals surface area contributed by atoms with Crippen LogP contribution in [-0.4, -0.2) is 19.9 Å². The second-order valence-electron chi connectivity index (χ2n) is 4.96. The molecule has 2 aromatic carbocycles. The Morgan fingerprint density at radius 3 is 2.64 bits per heavy atom. The van der Waals surface area contributed by atoms with E-state index in [0.29, 0.717) is 18.0 Å². The van der Waals surface area contributed by atoms with Crippen LogP contribution in [-0.2, 0) is 16.4 Å². The van der Waals surface area contributed by atoms with Gasteiger partial charge in [-0.1, -0.05) is 35.9 Å². The second kappa shape index (κ2) is 6.12. The SMILES string of the molecule is O=S(=O)(NCCc1c[nH]c2cc(Cl)ccc12)c1ccccc1. The molecule has 0 amide bonds. The van der Waals surface area contributed by atoms with E-state index in [2.05, 4.69) is 9.71 Å². The normalized spacial score (nSPS) is 11.9. The summed E-state index contributed by atoms with van der Waals surface area (Å²) in [5, 5.41) is 1.73. The number of sulfonamides is 1. The Labute approximate surface area is 134 Å². The number of benzene rings is 2. The molecule has 0 unspecified atom stereocenters.